The van der Waals surface area contributed by atoms with Crippen molar-refractivity contribution in [3.63, 3.8) is 0 Å². The average molecular weight is 787 g/mol. The molecule has 0 bridgehead atoms. The van der Waals surface area contributed by atoms with Crippen LogP contribution in [-0.2, 0) is 23.9 Å². The zero-order valence-electron chi connectivity index (χ0n) is 35.6. The van der Waals surface area contributed by atoms with Crippen molar-refractivity contribution >= 4 is 23.8 Å². The molecule has 0 fully saturated rings. The van der Waals surface area contributed by atoms with Gasteiger partial charge in [0.25, 0.3) is 0 Å². The maximum atomic E-state index is 12.7. The minimum Gasteiger partial charge on any atom is -0.480 e. The lowest BCUT2D eigenvalue weighted by atomic mass is 10.0. The van der Waals surface area contributed by atoms with Gasteiger partial charge in [0, 0.05) is 12.8 Å². The Kier molecular flexibility index (Phi) is 39.1. The number of ether oxygens (including phenoxy) is 1. The Labute approximate surface area is 341 Å². The predicted octanol–water partition coefficient (Wildman–Crippen LogP) is 11.2. The monoisotopic (exact) mass is 787 g/mol. The molecule has 0 saturated carbocycles. The first-order valence-corrected chi connectivity index (χ1v) is 22.5. The second-order valence-electron chi connectivity index (χ2n) is 15.1. The quantitative estimate of drug-likeness (QED) is 0.0275. The predicted molar refractivity (Wildman–Crippen MR) is 231 cm³/mol. The molecular weight excluding hydrogens is 705 g/mol. The highest BCUT2D eigenvalue weighted by Crippen LogP contribution is 2.16. The number of hydrogen-bond donors (Lipinski definition) is 4. The van der Waals surface area contributed by atoms with E-state index in [2.05, 4.69) is 73.1 Å². The van der Waals surface area contributed by atoms with E-state index in [1.54, 1.807) is 0 Å². The topological polar surface area (TPSA) is 142 Å². The van der Waals surface area contributed by atoms with Gasteiger partial charge in [-0.05, 0) is 83.1 Å². The van der Waals surface area contributed by atoms with Gasteiger partial charge in [-0.25, -0.2) is 4.79 Å². The van der Waals surface area contributed by atoms with E-state index in [1.807, 2.05) is 0 Å². The van der Waals surface area contributed by atoms with Crippen LogP contribution in [0.15, 0.2) is 48.6 Å². The van der Waals surface area contributed by atoms with Gasteiger partial charge in [0.1, 0.15) is 12.1 Å². The van der Waals surface area contributed by atoms with Crippen LogP contribution >= 0.6 is 0 Å². The molecule has 4 N–H and O–H groups in total. The molecule has 2 unspecified atom stereocenters. The third kappa shape index (κ3) is 37.7. The number of rotatable bonds is 40. The molecule has 0 aromatic heterocycles. The lowest BCUT2D eigenvalue weighted by Crippen LogP contribution is -2.47. The molecule has 0 aliphatic carbocycles. The van der Waals surface area contributed by atoms with E-state index in [1.165, 1.54) is 96.3 Å². The molecule has 322 valence electrons. The third-order valence-electron chi connectivity index (χ3n) is 9.78. The van der Waals surface area contributed by atoms with Gasteiger partial charge in [-0.1, -0.05) is 153 Å². The second-order valence-corrected chi connectivity index (χ2v) is 15.1. The number of esters is 1. The summed E-state index contributed by atoms with van der Waals surface area (Å²) in [5.41, 5.74) is 0. The van der Waals surface area contributed by atoms with Crippen molar-refractivity contribution < 1.29 is 34.1 Å². The highest BCUT2D eigenvalue weighted by atomic mass is 16.5. The first-order valence-electron chi connectivity index (χ1n) is 22.5. The molecule has 56 heavy (non-hydrogen) atoms. The molecule has 9 heteroatoms. The molecule has 2 amide bonds. The summed E-state index contributed by atoms with van der Waals surface area (Å²) in [6.45, 7) is 3.42. The highest BCUT2D eigenvalue weighted by Gasteiger charge is 2.18. The number of carboxylic acids is 1. The van der Waals surface area contributed by atoms with Gasteiger partial charge in [-0.15, -0.1) is 0 Å². The van der Waals surface area contributed by atoms with E-state index in [0.717, 1.165) is 70.6 Å². The molecule has 2 atom stereocenters. The molecule has 0 radical (unpaired) electrons. The SMILES string of the molecule is CCCCC/C=C\C/C=C\CCCCCCCCCCCC(=O)OC(/C=C\C/C=C\CCCCC)CCCCCCCCC(=O)NCC(=O)NC(CO)C(=O)O. The number of allylic oxidation sites excluding steroid dienone is 7. The average Bonchev–Trinajstić information content (AvgIpc) is 3.18. The van der Waals surface area contributed by atoms with Crippen LogP contribution < -0.4 is 10.6 Å². The van der Waals surface area contributed by atoms with E-state index < -0.39 is 24.5 Å². The number of carbonyl (C=O) groups excluding carboxylic acids is 3. The summed E-state index contributed by atoms with van der Waals surface area (Å²) in [7, 11) is 0. The van der Waals surface area contributed by atoms with Crippen molar-refractivity contribution in [3.8, 4) is 0 Å². The fourth-order valence-electron chi connectivity index (χ4n) is 6.28. The van der Waals surface area contributed by atoms with Crippen LogP contribution in [-0.4, -0.2) is 59.3 Å². The Hall–Kier alpha value is -3.20. The molecule has 0 saturated heterocycles. The number of carbonyl (C=O) groups is 4. The van der Waals surface area contributed by atoms with Gasteiger partial charge in [-0.3, -0.25) is 14.4 Å². The molecule has 9 nitrogen and oxygen atoms in total. The summed E-state index contributed by atoms with van der Waals surface area (Å²) < 4.78 is 5.93. The Morgan fingerprint density at radius 2 is 1.02 bits per heavy atom. The maximum absolute atomic E-state index is 12.7. The summed E-state index contributed by atoms with van der Waals surface area (Å²) in [5, 5.41) is 22.5. The van der Waals surface area contributed by atoms with E-state index >= 15 is 0 Å². The lowest BCUT2D eigenvalue weighted by Gasteiger charge is -2.15. The van der Waals surface area contributed by atoms with Crippen LogP contribution in [0.3, 0.4) is 0 Å². The van der Waals surface area contributed by atoms with Gasteiger partial charge in [0.05, 0.1) is 13.2 Å². The Morgan fingerprint density at radius 1 is 0.554 bits per heavy atom. The number of carboxylic acid groups (broad SMARTS) is 1. The number of hydrogen-bond acceptors (Lipinski definition) is 6. The number of unbranched alkanes of at least 4 members (excludes halogenated alkanes) is 20. The summed E-state index contributed by atoms with van der Waals surface area (Å²) in [4.78, 5) is 47.4. The van der Waals surface area contributed by atoms with Gasteiger partial charge in [0.15, 0.2) is 0 Å². The molecular formula is C47H82N2O7. The van der Waals surface area contributed by atoms with Crippen molar-refractivity contribution in [2.75, 3.05) is 13.2 Å². The minimum absolute atomic E-state index is 0.0994. The van der Waals surface area contributed by atoms with Crippen LogP contribution in [0, 0.1) is 0 Å². The van der Waals surface area contributed by atoms with E-state index in [0.29, 0.717) is 19.3 Å². The molecule has 0 heterocycles. The maximum Gasteiger partial charge on any atom is 0.328 e. The van der Waals surface area contributed by atoms with E-state index in [9.17, 15) is 19.2 Å². The zero-order chi connectivity index (χ0) is 41.2. The smallest absolute Gasteiger partial charge is 0.328 e. The van der Waals surface area contributed by atoms with Gasteiger partial charge < -0.3 is 25.6 Å². The van der Waals surface area contributed by atoms with Crippen LogP contribution in [0.4, 0.5) is 0 Å². The molecule has 0 aromatic carbocycles. The fourth-order valence-corrected chi connectivity index (χ4v) is 6.28. The second kappa shape index (κ2) is 41.4. The Bertz CT molecular complexity index is 1080. The first-order chi connectivity index (χ1) is 27.3. The fraction of sp³-hybridized carbons (Fsp3) is 0.745. The Balaban J connectivity index is 4.20. The molecule has 0 aliphatic heterocycles. The van der Waals surface area contributed by atoms with Crippen LogP contribution in [0.25, 0.3) is 0 Å². The highest BCUT2D eigenvalue weighted by molar-refractivity contribution is 5.87. The van der Waals surface area contributed by atoms with E-state index in [-0.39, 0.29) is 24.5 Å². The summed E-state index contributed by atoms with van der Waals surface area (Å²) in [6, 6.07) is -1.38. The Morgan fingerprint density at radius 3 is 1.54 bits per heavy atom. The number of aliphatic hydroxyl groups excluding tert-OH is 1. The van der Waals surface area contributed by atoms with Crippen LogP contribution in [0.5, 0.6) is 0 Å². The van der Waals surface area contributed by atoms with Crippen LogP contribution in [0.1, 0.15) is 200 Å². The number of aliphatic carboxylic acids is 1. The standard InChI is InChI=1S/C47H82N2O7/c1-3-5-7-9-11-13-14-15-16-17-18-19-20-21-22-23-25-31-35-39-46(53)56-42(36-32-28-24-12-10-8-6-4-2)37-33-29-26-27-30-34-38-44(51)48-40-45(52)49-43(41-50)47(54)55/h11-13,15-16,24,32,36,42-43,50H,3-10,14,17-23,25-31,33-35,37-41H2,1-2H3,(H,48,51)(H,49,52)(H,54,55)/b13-11-,16-15-,24-12-,36-32-. The summed E-state index contributed by atoms with van der Waals surface area (Å²) >= 11 is 0. The molecule has 0 rings (SSSR count). The largest absolute Gasteiger partial charge is 0.480 e. The summed E-state index contributed by atoms with van der Waals surface area (Å²) in [6.07, 6.45) is 48.8. The molecule has 0 spiro atoms. The van der Waals surface area contributed by atoms with Crippen molar-refractivity contribution in [2.45, 2.75) is 212 Å². The van der Waals surface area contributed by atoms with Crippen molar-refractivity contribution in [2.24, 2.45) is 0 Å². The summed E-state index contributed by atoms with van der Waals surface area (Å²) in [5.74, 6) is -2.35. The van der Waals surface area contributed by atoms with Gasteiger partial charge >= 0.3 is 11.9 Å². The third-order valence-corrected chi connectivity index (χ3v) is 9.78. The normalized spacial score (nSPS) is 12.9. The molecule has 0 aromatic rings. The zero-order valence-corrected chi connectivity index (χ0v) is 35.6. The van der Waals surface area contributed by atoms with Crippen molar-refractivity contribution in [1.29, 1.82) is 0 Å². The van der Waals surface area contributed by atoms with E-state index in [4.69, 9.17) is 14.9 Å². The number of nitrogens with one attached hydrogen (secondary N) is 2. The minimum atomic E-state index is -1.38. The number of aliphatic hydroxyl groups is 1. The van der Waals surface area contributed by atoms with Crippen LogP contribution in [0.2, 0.25) is 0 Å². The van der Waals surface area contributed by atoms with Crippen molar-refractivity contribution in [1.82, 2.24) is 10.6 Å². The van der Waals surface area contributed by atoms with Gasteiger partial charge in [0.2, 0.25) is 11.8 Å². The van der Waals surface area contributed by atoms with Gasteiger partial charge in [-0.2, -0.15) is 0 Å². The first kappa shape index (κ1) is 52.8. The number of amides is 2. The molecule has 0 aliphatic rings. The lowest BCUT2D eigenvalue weighted by molar-refractivity contribution is -0.147. The van der Waals surface area contributed by atoms with Crippen molar-refractivity contribution in [3.05, 3.63) is 48.6 Å².